The first-order valence-corrected chi connectivity index (χ1v) is 7.71. The van der Waals surface area contributed by atoms with Crippen LogP contribution in [0.1, 0.15) is 52.2 Å². The van der Waals surface area contributed by atoms with Crippen LogP contribution in [0.25, 0.3) is 11.0 Å². The highest BCUT2D eigenvalue weighted by atomic mass is 16.4. The average Bonchev–Trinajstić information content (AvgIpc) is 3.13. The third-order valence-corrected chi connectivity index (χ3v) is 4.17. The molecule has 0 bridgehead atoms. The van der Waals surface area contributed by atoms with Gasteiger partial charge in [0.2, 0.25) is 11.8 Å². The van der Waals surface area contributed by atoms with Gasteiger partial charge in [-0.3, -0.25) is 4.79 Å². The van der Waals surface area contributed by atoms with Crippen LogP contribution in [-0.2, 0) is 6.54 Å². The second kappa shape index (κ2) is 5.22. The molecule has 1 N–H and O–H groups in total. The molecule has 6 nitrogen and oxygen atoms in total. The van der Waals surface area contributed by atoms with E-state index < -0.39 is 0 Å². The molecule has 2 aromatic heterocycles. The van der Waals surface area contributed by atoms with Gasteiger partial charge >= 0.3 is 0 Å². The molecular formula is C17H17N3O3. The molecule has 23 heavy (non-hydrogen) atoms. The van der Waals surface area contributed by atoms with Gasteiger partial charge in [-0.2, -0.15) is 0 Å². The van der Waals surface area contributed by atoms with Crippen molar-refractivity contribution >= 4 is 16.9 Å². The van der Waals surface area contributed by atoms with Gasteiger partial charge in [-0.1, -0.05) is 0 Å². The Hall–Kier alpha value is -2.63. The Morgan fingerprint density at radius 1 is 1.17 bits per heavy atom. The number of rotatable bonds is 4. The number of benzene rings is 1. The topological polar surface area (TPSA) is 81.2 Å². The summed E-state index contributed by atoms with van der Waals surface area (Å²) in [4.78, 5) is 12.2. The smallest absolute Gasteiger partial charge is 0.287 e. The van der Waals surface area contributed by atoms with E-state index in [1.54, 1.807) is 6.07 Å². The highest BCUT2D eigenvalue weighted by Crippen LogP contribution is 2.38. The standard InChI is InChI=1S/C17H17N3O3/c1-9-5-12-7-14(22-13(12)6-10(9)2)16(21)18-8-15-19-20-17(23-15)11-3-4-11/h5-7,11H,3-4,8H2,1-2H3,(H,18,21). The molecule has 0 spiro atoms. The SMILES string of the molecule is Cc1cc2cc(C(=O)NCc3nnc(C4CC4)o3)oc2cc1C. The largest absolute Gasteiger partial charge is 0.451 e. The number of amides is 1. The highest BCUT2D eigenvalue weighted by Gasteiger charge is 2.29. The molecule has 0 unspecified atom stereocenters. The molecule has 1 aromatic carbocycles. The lowest BCUT2D eigenvalue weighted by Gasteiger charge is -1.98. The first kappa shape index (κ1) is 14.0. The van der Waals surface area contributed by atoms with Gasteiger partial charge < -0.3 is 14.2 Å². The predicted molar refractivity (Wildman–Crippen MR) is 83.1 cm³/mol. The summed E-state index contributed by atoms with van der Waals surface area (Å²) in [7, 11) is 0. The molecule has 118 valence electrons. The number of nitrogens with one attached hydrogen (secondary N) is 1. The second-order valence-electron chi connectivity index (χ2n) is 6.08. The molecular weight excluding hydrogens is 294 g/mol. The third-order valence-electron chi connectivity index (χ3n) is 4.17. The fourth-order valence-corrected chi connectivity index (χ4v) is 2.49. The molecule has 2 heterocycles. The summed E-state index contributed by atoms with van der Waals surface area (Å²) in [5.41, 5.74) is 3.02. The van der Waals surface area contributed by atoms with Gasteiger partial charge in [0.05, 0.1) is 6.54 Å². The number of aromatic nitrogens is 2. The first-order valence-electron chi connectivity index (χ1n) is 7.71. The van der Waals surface area contributed by atoms with Crippen LogP contribution in [0.15, 0.2) is 27.0 Å². The number of carbonyl (C=O) groups is 1. The molecule has 1 aliphatic carbocycles. The number of carbonyl (C=O) groups excluding carboxylic acids is 1. The monoisotopic (exact) mass is 311 g/mol. The van der Waals surface area contributed by atoms with Gasteiger partial charge in [-0.15, -0.1) is 10.2 Å². The van der Waals surface area contributed by atoms with E-state index in [0.717, 1.165) is 23.8 Å². The van der Waals surface area contributed by atoms with E-state index in [4.69, 9.17) is 8.83 Å². The van der Waals surface area contributed by atoms with Crippen LogP contribution in [0.2, 0.25) is 0 Å². The van der Waals surface area contributed by atoms with Gasteiger partial charge in [-0.25, -0.2) is 0 Å². The summed E-state index contributed by atoms with van der Waals surface area (Å²) in [5.74, 6) is 1.50. The lowest BCUT2D eigenvalue weighted by Crippen LogP contribution is -2.22. The maximum absolute atomic E-state index is 12.2. The Balaban J connectivity index is 1.47. The van der Waals surface area contributed by atoms with Crippen molar-refractivity contribution in [3.8, 4) is 0 Å². The molecule has 6 heteroatoms. The molecule has 1 saturated carbocycles. The fourth-order valence-electron chi connectivity index (χ4n) is 2.49. The lowest BCUT2D eigenvalue weighted by molar-refractivity contribution is 0.0921. The van der Waals surface area contributed by atoms with Crippen molar-refractivity contribution < 1.29 is 13.6 Å². The van der Waals surface area contributed by atoms with E-state index in [9.17, 15) is 4.79 Å². The number of hydrogen-bond donors (Lipinski definition) is 1. The molecule has 3 aromatic rings. The van der Waals surface area contributed by atoms with Gasteiger partial charge in [-0.05, 0) is 56.0 Å². The Morgan fingerprint density at radius 3 is 2.74 bits per heavy atom. The van der Waals surface area contributed by atoms with Gasteiger partial charge in [0.1, 0.15) is 5.58 Å². The molecule has 1 amide bonds. The summed E-state index contributed by atoms with van der Waals surface area (Å²) in [6.07, 6.45) is 2.21. The maximum Gasteiger partial charge on any atom is 0.287 e. The lowest BCUT2D eigenvalue weighted by atomic mass is 10.1. The summed E-state index contributed by atoms with van der Waals surface area (Å²) in [6.45, 7) is 4.26. The zero-order chi connectivity index (χ0) is 16.0. The van der Waals surface area contributed by atoms with Crippen molar-refractivity contribution in [3.63, 3.8) is 0 Å². The van der Waals surface area contributed by atoms with Crippen LogP contribution in [0.5, 0.6) is 0 Å². The number of furan rings is 1. The van der Waals surface area contributed by atoms with Crippen LogP contribution in [0, 0.1) is 13.8 Å². The van der Waals surface area contributed by atoms with Gasteiger partial charge in [0, 0.05) is 11.3 Å². The first-order chi connectivity index (χ1) is 11.1. The van der Waals surface area contributed by atoms with Crippen molar-refractivity contribution in [2.75, 3.05) is 0 Å². The quantitative estimate of drug-likeness (QED) is 0.800. The molecule has 0 aliphatic heterocycles. The van der Waals surface area contributed by atoms with E-state index in [0.29, 0.717) is 23.3 Å². The Kier molecular flexibility index (Phi) is 3.18. The van der Waals surface area contributed by atoms with Crippen LogP contribution in [0.3, 0.4) is 0 Å². The normalized spacial score (nSPS) is 14.3. The third kappa shape index (κ3) is 2.72. The number of hydrogen-bond acceptors (Lipinski definition) is 5. The molecule has 4 rings (SSSR count). The molecule has 0 saturated heterocycles. The number of nitrogens with zero attached hydrogens (tertiary/aromatic N) is 2. The summed E-state index contributed by atoms with van der Waals surface area (Å²) >= 11 is 0. The van der Waals surface area contributed by atoms with Crippen molar-refractivity contribution in [1.29, 1.82) is 0 Å². The highest BCUT2D eigenvalue weighted by molar-refractivity contribution is 5.96. The van der Waals surface area contributed by atoms with E-state index >= 15 is 0 Å². The van der Waals surface area contributed by atoms with E-state index in [1.165, 1.54) is 5.56 Å². The number of fused-ring (bicyclic) bond motifs is 1. The van der Waals surface area contributed by atoms with Crippen molar-refractivity contribution in [1.82, 2.24) is 15.5 Å². The fraction of sp³-hybridized carbons (Fsp3) is 0.353. The van der Waals surface area contributed by atoms with E-state index in [2.05, 4.69) is 15.5 Å². The minimum absolute atomic E-state index is 0.202. The molecule has 1 fully saturated rings. The van der Waals surface area contributed by atoms with Crippen molar-refractivity contribution in [3.05, 3.63) is 46.9 Å². The zero-order valence-corrected chi connectivity index (χ0v) is 13.0. The molecule has 1 aliphatic rings. The minimum atomic E-state index is -0.289. The van der Waals surface area contributed by atoms with E-state index in [-0.39, 0.29) is 18.2 Å². The van der Waals surface area contributed by atoms with Crippen molar-refractivity contribution in [2.45, 2.75) is 39.2 Å². The van der Waals surface area contributed by atoms with Gasteiger partial charge in [0.25, 0.3) is 5.91 Å². The van der Waals surface area contributed by atoms with Gasteiger partial charge in [0.15, 0.2) is 5.76 Å². The Bertz CT molecular complexity index is 851. The van der Waals surface area contributed by atoms with Crippen LogP contribution in [-0.4, -0.2) is 16.1 Å². The predicted octanol–water partition coefficient (Wildman–Crippen LogP) is 3.24. The van der Waals surface area contributed by atoms with Crippen LogP contribution in [0.4, 0.5) is 0 Å². The minimum Gasteiger partial charge on any atom is -0.451 e. The van der Waals surface area contributed by atoms with Crippen molar-refractivity contribution in [2.24, 2.45) is 0 Å². The number of aryl methyl sites for hydroxylation is 2. The average molecular weight is 311 g/mol. The molecule has 0 atom stereocenters. The molecule has 0 radical (unpaired) electrons. The Morgan fingerprint density at radius 2 is 1.96 bits per heavy atom. The second-order valence-corrected chi connectivity index (χ2v) is 6.08. The summed E-state index contributed by atoms with van der Waals surface area (Å²) in [6, 6.07) is 5.72. The van der Waals surface area contributed by atoms with Crippen LogP contribution >= 0.6 is 0 Å². The Labute approximate surface area is 132 Å². The van der Waals surface area contributed by atoms with Crippen LogP contribution < -0.4 is 5.32 Å². The van der Waals surface area contributed by atoms with E-state index in [1.807, 2.05) is 26.0 Å². The zero-order valence-electron chi connectivity index (χ0n) is 13.0. The summed E-state index contributed by atoms with van der Waals surface area (Å²) < 4.78 is 11.1. The summed E-state index contributed by atoms with van der Waals surface area (Å²) in [5, 5.41) is 11.6. The maximum atomic E-state index is 12.2.